The summed E-state index contributed by atoms with van der Waals surface area (Å²) in [5.41, 5.74) is 0.169. The molecule has 4 heteroatoms. The van der Waals surface area contributed by atoms with Crippen LogP contribution in [0.2, 0.25) is 0 Å². The van der Waals surface area contributed by atoms with Crippen LogP contribution in [-0.2, 0) is 19.1 Å². The molecule has 0 aromatic carbocycles. The first-order valence-corrected chi connectivity index (χ1v) is 10.2. The van der Waals surface area contributed by atoms with Crippen LogP contribution in [0.3, 0.4) is 0 Å². The van der Waals surface area contributed by atoms with Gasteiger partial charge in [-0.15, -0.1) is 0 Å². The minimum absolute atomic E-state index is 0.0949. The summed E-state index contributed by atoms with van der Waals surface area (Å²) in [6, 6.07) is 0. The van der Waals surface area contributed by atoms with Gasteiger partial charge in [-0.2, -0.15) is 0 Å². The number of rotatable bonds is 1. The summed E-state index contributed by atoms with van der Waals surface area (Å²) >= 11 is 0. The number of carbonyl (C=O) groups excluding carboxylic acids is 2. The molecule has 0 unspecified atom stereocenters. The highest BCUT2D eigenvalue weighted by atomic mass is 16.6. The first kappa shape index (κ1) is 16.3. The fraction of sp³-hybridized carbons (Fsp3) is 0.905. The monoisotopic (exact) mass is 346 g/mol. The van der Waals surface area contributed by atoms with Crippen LogP contribution in [0.5, 0.6) is 0 Å². The van der Waals surface area contributed by atoms with Gasteiger partial charge in [0.1, 0.15) is 17.8 Å². The average Bonchev–Trinajstić information content (AvgIpc) is 3.22. The fourth-order valence-electron chi connectivity index (χ4n) is 7.84. The summed E-state index contributed by atoms with van der Waals surface area (Å²) in [6.45, 7) is 6.32. The van der Waals surface area contributed by atoms with Crippen molar-refractivity contribution in [2.45, 2.75) is 89.9 Å². The Kier molecular flexibility index (Phi) is 3.18. The maximum Gasteiger partial charge on any atom is 0.302 e. The Morgan fingerprint density at radius 3 is 2.64 bits per heavy atom. The van der Waals surface area contributed by atoms with Gasteiger partial charge in [-0.3, -0.25) is 9.59 Å². The van der Waals surface area contributed by atoms with Crippen LogP contribution >= 0.6 is 0 Å². The van der Waals surface area contributed by atoms with Crippen molar-refractivity contribution < 1.29 is 19.1 Å². The lowest BCUT2D eigenvalue weighted by Crippen LogP contribution is -2.58. The highest BCUT2D eigenvalue weighted by molar-refractivity contribution is 5.88. The van der Waals surface area contributed by atoms with Crippen molar-refractivity contribution in [3.8, 4) is 0 Å². The summed E-state index contributed by atoms with van der Waals surface area (Å²) < 4.78 is 11.9. The van der Waals surface area contributed by atoms with E-state index in [1.165, 1.54) is 26.2 Å². The molecule has 1 heterocycles. The minimum Gasteiger partial charge on any atom is -0.462 e. The molecule has 1 saturated heterocycles. The molecule has 5 rings (SSSR count). The van der Waals surface area contributed by atoms with Crippen molar-refractivity contribution in [1.29, 1.82) is 0 Å². The lowest BCUT2D eigenvalue weighted by atomic mass is 9.45. The second-order valence-corrected chi connectivity index (χ2v) is 9.91. The molecular weight excluding hydrogens is 316 g/mol. The number of ketones is 1. The van der Waals surface area contributed by atoms with Crippen LogP contribution < -0.4 is 0 Å². The van der Waals surface area contributed by atoms with Crippen molar-refractivity contribution in [3.63, 3.8) is 0 Å². The molecule has 0 bridgehead atoms. The van der Waals surface area contributed by atoms with E-state index in [-0.39, 0.29) is 34.6 Å². The number of epoxide rings is 1. The zero-order valence-electron chi connectivity index (χ0n) is 15.7. The first-order chi connectivity index (χ1) is 11.8. The quantitative estimate of drug-likeness (QED) is 0.537. The largest absolute Gasteiger partial charge is 0.462 e. The Balaban J connectivity index is 1.44. The summed E-state index contributed by atoms with van der Waals surface area (Å²) in [5, 5.41) is 0. The molecule has 1 spiro atoms. The zero-order valence-corrected chi connectivity index (χ0v) is 15.7. The smallest absolute Gasteiger partial charge is 0.302 e. The molecule has 1 aliphatic heterocycles. The van der Waals surface area contributed by atoms with E-state index in [1.807, 2.05) is 0 Å². The van der Waals surface area contributed by atoms with Gasteiger partial charge in [-0.25, -0.2) is 0 Å². The highest BCUT2D eigenvalue weighted by Crippen LogP contribution is 2.72. The summed E-state index contributed by atoms with van der Waals surface area (Å²) in [6.07, 6.45) is 8.45. The lowest BCUT2D eigenvalue weighted by molar-refractivity contribution is -0.161. The van der Waals surface area contributed by atoms with Crippen molar-refractivity contribution >= 4 is 11.8 Å². The third kappa shape index (κ3) is 1.87. The second-order valence-electron chi connectivity index (χ2n) is 9.91. The lowest BCUT2D eigenvalue weighted by Gasteiger charge is -2.59. The SMILES string of the molecule is CC(=O)O[C@H]1CC[C@H]2[C@@H]3CC[C@@]45O[C@@H]4C(=O)CC[C@]5(C)[C@H]3CC[C@]12C. The second kappa shape index (κ2) is 4.88. The molecule has 5 fully saturated rings. The van der Waals surface area contributed by atoms with Gasteiger partial charge in [0.05, 0.1) is 0 Å². The maximum absolute atomic E-state index is 12.2. The summed E-state index contributed by atoms with van der Waals surface area (Å²) in [7, 11) is 0. The number of carbonyl (C=O) groups is 2. The van der Waals surface area contributed by atoms with E-state index in [2.05, 4.69) is 13.8 Å². The van der Waals surface area contributed by atoms with Crippen molar-refractivity contribution in [3.05, 3.63) is 0 Å². The Hall–Kier alpha value is -0.900. The molecule has 5 aliphatic rings. The summed E-state index contributed by atoms with van der Waals surface area (Å²) in [4.78, 5) is 23.7. The van der Waals surface area contributed by atoms with Crippen LogP contribution in [0.25, 0.3) is 0 Å². The van der Waals surface area contributed by atoms with Crippen molar-refractivity contribution in [2.75, 3.05) is 0 Å². The third-order valence-corrected chi connectivity index (χ3v) is 9.17. The van der Waals surface area contributed by atoms with Crippen LogP contribution in [0.4, 0.5) is 0 Å². The maximum atomic E-state index is 12.2. The number of ether oxygens (including phenoxy) is 2. The molecular formula is C21H30O4. The molecule has 4 nitrogen and oxygen atoms in total. The van der Waals surface area contributed by atoms with E-state index in [1.54, 1.807) is 0 Å². The van der Waals surface area contributed by atoms with E-state index in [9.17, 15) is 9.59 Å². The number of hydrogen-bond donors (Lipinski definition) is 0. The van der Waals surface area contributed by atoms with Gasteiger partial charge < -0.3 is 9.47 Å². The van der Waals surface area contributed by atoms with Crippen LogP contribution in [0, 0.1) is 28.6 Å². The van der Waals surface area contributed by atoms with E-state index in [0.717, 1.165) is 25.7 Å². The van der Waals surface area contributed by atoms with Gasteiger partial charge in [0.15, 0.2) is 5.78 Å². The molecule has 25 heavy (non-hydrogen) atoms. The molecule has 138 valence electrons. The van der Waals surface area contributed by atoms with Gasteiger partial charge in [0.25, 0.3) is 0 Å². The molecule has 0 aromatic heterocycles. The van der Waals surface area contributed by atoms with E-state index < -0.39 is 0 Å². The Morgan fingerprint density at radius 2 is 1.88 bits per heavy atom. The van der Waals surface area contributed by atoms with E-state index in [4.69, 9.17) is 9.47 Å². The predicted octanol–water partition coefficient (Wildman–Crippen LogP) is 3.66. The highest BCUT2D eigenvalue weighted by Gasteiger charge is 2.76. The van der Waals surface area contributed by atoms with Crippen molar-refractivity contribution in [1.82, 2.24) is 0 Å². The number of esters is 1. The Bertz CT molecular complexity index is 644. The fourth-order valence-corrected chi connectivity index (χ4v) is 7.84. The Labute approximate surface area is 150 Å². The van der Waals surface area contributed by atoms with Crippen molar-refractivity contribution in [2.24, 2.45) is 28.6 Å². The van der Waals surface area contributed by atoms with E-state index >= 15 is 0 Å². The van der Waals surface area contributed by atoms with Crippen LogP contribution in [-0.4, -0.2) is 29.6 Å². The third-order valence-electron chi connectivity index (χ3n) is 9.17. The van der Waals surface area contributed by atoms with Gasteiger partial charge in [-0.1, -0.05) is 13.8 Å². The van der Waals surface area contributed by atoms with Crippen LogP contribution in [0.15, 0.2) is 0 Å². The number of fused-ring (bicyclic) bond motifs is 4. The van der Waals surface area contributed by atoms with Gasteiger partial charge in [-0.05, 0) is 62.7 Å². The van der Waals surface area contributed by atoms with E-state index in [0.29, 0.717) is 30.0 Å². The van der Waals surface area contributed by atoms with Gasteiger partial charge in [0.2, 0.25) is 0 Å². The Morgan fingerprint density at radius 1 is 1.08 bits per heavy atom. The normalized spacial score (nSPS) is 56.3. The standard InChI is InChI=1S/C21H30O4/c1-12(22)24-17-5-4-14-13-6-11-21-18(25-21)16(23)8-10-20(21,3)15(13)7-9-19(14,17)2/h13-15,17-18H,4-11H2,1-3H3/t13-,14-,15-,17-,18+,19-,20+,21+/m0/s1. The predicted molar refractivity (Wildman–Crippen MR) is 91.8 cm³/mol. The minimum atomic E-state index is -0.136. The average molecular weight is 346 g/mol. The first-order valence-electron chi connectivity index (χ1n) is 10.2. The molecule has 0 amide bonds. The zero-order chi connectivity index (χ0) is 17.6. The van der Waals surface area contributed by atoms with Gasteiger partial charge in [0, 0.05) is 24.2 Å². The number of hydrogen-bond acceptors (Lipinski definition) is 4. The topological polar surface area (TPSA) is 55.9 Å². The molecule has 8 atom stereocenters. The molecule has 0 aromatic rings. The molecule has 0 radical (unpaired) electrons. The summed E-state index contributed by atoms with van der Waals surface area (Å²) in [5.74, 6) is 2.22. The molecule has 4 aliphatic carbocycles. The van der Waals surface area contributed by atoms with Gasteiger partial charge >= 0.3 is 5.97 Å². The molecule has 4 saturated carbocycles. The number of Topliss-reactive ketones (excluding diaryl/α,β-unsaturated/α-hetero) is 1. The molecule has 0 N–H and O–H groups in total. The van der Waals surface area contributed by atoms with Crippen LogP contribution in [0.1, 0.15) is 72.1 Å².